The van der Waals surface area contributed by atoms with Crippen LogP contribution < -0.4 is 24.4 Å². The van der Waals surface area contributed by atoms with Crippen molar-refractivity contribution in [3.8, 4) is 23.0 Å². The lowest BCUT2D eigenvalue weighted by Crippen LogP contribution is -2.17. The SMILES string of the molecule is CCOc1cc(/C=N\NC(=O)c2cc(OC)cc(OC)c2)cc(Cl)c1OC(C)C. The van der Waals surface area contributed by atoms with Crippen molar-refractivity contribution in [2.75, 3.05) is 20.8 Å². The second kappa shape index (κ2) is 10.6. The molecule has 0 saturated carbocycles. The molecule has 8 heteroatoms. The zero-order chi connectivity index (χ0) is 21.4. The van der Waals surface area contributed by atoms with E-state index in [1.807, 2.05) is 20.8 Å². The van der Waals surface area contributed by atoms with Gasteiger partial charge in [0.25, 0.3) is 5.91 Å². The van der Waals surface area contributed by atoms with Gasteiger partial charge in [0.1, 0.15) is 11.5 Å². The van der Waals surface area contributed by atoms with E-state index in [4.69, 9.17) is 30.5 Å². The molecule has 0 saturated heterocycles. The van der Waals surface area contributed by atoms with Crippen molar-refractivity contribution in [2.45, 2.75) is 26.9 Å². The number of ether oxygens (including phenoxy) is 4. The molecule has 7 nitrogen and oxygen atoms in total. The summed E-state index contributed by atoms with van der Waals surface area (Å²) in [5, 5.41) is 4.40. The largest absolute Gasteiger partial charge is 0.497 e. The number of amides is 1. The molecule has 0 aliphatic rings. The van der Waals surface area contributed by atoms with Crippen molar-refractivity contribution in [1.82, 2.24) is 5.43 Å². The summed E-state index contributed by atoms with van der Waals surface area (Å²) in [6.45, 7) is 6.14. The van der Waals surface area contributed by atoms with Crippen molar-refractivity contribution >= 4 is 23.7 Å². The molecule has 0 unspecified atom stereocenters. The summed E-state index contributed by atoms with van der Waals surface area (Å²) in [5.41, 5.74) is 3.48. The lowest BCUT2D eigenvalue weighted by atomic mass is 10.2. The van der Waals surface area contributed by atoms with Gasteiger partial charge in [0, 0.05) is 11.6 Å². The van der Waals surface area contributed by atoms with Crippen molar-refractivity contribution in [3.05, 3.63) is 46.5 Å². The summed E-state index contributed by atoms with van der Waals surface area (Å²) in [7, 11) is 3.03. The first-order chi connectivity index (χ1) is 13.9. The van der Waals surface area contributed by atoms with Gasteiger partial charge in [-0.15, -0.1) is 0 Å². The Kier molecular flexibility index (Phi) is 8.15. The number of carbonyl (C=O) groups excluding carboxylic acids is 1. The minimum Gasteiger partial charge on any atom is -0.497 e. The molecule has 0 aromatic heterocycles. The second-order valence-electron chi connectivity index (χ2n) is 6.23. The van der Waals surface area contributed by atoms with Crippen molar-refractivity contribution in [2.24, 2.45) is 5.10 Å². The van der Waals surface area contributed by atoms with Crippen LogP contribution in [-0.4, -0.2) is 39.1 Å². The highest BCUT2D eigenvalue weighted by Crippen LogP contribution is 2.37. The van der Waals surface area contributed by atoms with E-state index in [1.165, 1.54) is 20.4 Å². The molecule has 1 N–H and O–H groups in total. The highest BCUT2D eigenvalue weighted by molar-refractivity contribution is 6.32. The number of benzene rings is 2. The summed E-state index contributed by atoms with van der Waals surface area (Å²) >= 11 is 6.34. The normalized spacial score (nSPS) is 10.9. The fourth-order valence-electron chi connectivity index (χ4n) is 2.44. The minimum atomic E-state index is -0.408. The van der Waals surface area contributed by atoms with Crippen LogP contribution in [-0.2, 0) is 0 Å². The molecule has 0 spiro atoms. The number of rotatable bonds is 9. The summed E-state index contributed by atoms with van der Waals surface area (Å²) in [6, 6.07) is 8.30. The molecule has 0 aliphatic carbocycles. The molecule has 0 aliphatic heterocycles. The summed E-state index contributed by atoms with van der Waals surface area (Å²) in [5.74, 6) is 1.60. The van der Waals surface area contributed by atoms with E-state index in [9.17, 15) is 4.79 Å². The van der Waals surface area contributed by atoms with E-state index in [1.54, 1.807) is 30.3 Å². The Morgan fingerprint density at radius 2 is 1.79 bits per heavy atom. The van der Waals surface area contributed by atoms with Crippen LogP contribution in [0.25, 0.3) is 0 Å². The average molecular weight is 421 g/mol. The third-order valence-corrected chi connectivity index (χ3v) is 3.96. The lowest BCUT2D eigenvalue weighted by Gasteiger charge is -2.16. The Morgan fingerprint density at radius 3 is 2.34 bits per heavy atom. The molecule has 29 heavy (non-hydrogen) atoms. The highest BCUT2D eigenvalue weighted by Gasteiger charge is 2.14. The van der Waals surface area contributed by atoms with Crippen LogP contribution >= 0.6 is 11.6 Å². The van der Waals surface area contributed by atoms with Crippen molar-refractivity contribution in [3.63, 3.8) is 0 Å². The zero-order valence-electron chi connectivity index (χ0n) is 17.1. The van der Waals surface area contributed by atoms with Crippen LogP contribution in [0.3, 0.4) is 0 Å². The van der Waals surface area contributed by atoms with Crippen molar-refractivity contribution < 1.29 is 23.7 Å². The Hall–Kier alpha value is -2.93. The van der Waals surface area contributed by atoms with E-state index >= 15 is 0 Å². The predicted molar refractivity (Wildman–Crippen MR) is 113 cm³/mol. The standard InChI is InChI=1S/C21H25ClN2O5/c1-6-28-19-8-14(7-18(22)20(19)29-13(2)3)12-23-24-21(25)15-9-16(26-4)11-17(10-15)27-5/h7-13H,6H2,1-5H3,(H,24,25)/b23-12-. The lowest BCUT2D eigenvalue weighted by molar-refractivity contribution is 0.0954. The monoisotopic (exact) mass is 420 g/mol. The quantitative estimate of drug-likeness (QED) is 0.483. The topological polar surface area (TPSA) is 78.4 Å². The number of hydrogen-bond donors (Lipinski definition) is 1. The van der Waals surface area contributed by atoms with Crippen LogP contribution in [0.2, 0.25) is 5.02 Å². The molecule has 0 heterocycles. The van der Waals surface area contributed by atoms with Crippen LogP contribution in [0.5, 0.6) is 23.0 Å². The van der Waals surface area contributed by atoms with E-state index in [0.717, 1.165) is 0 Å². The van der Waals surface area contributed by atoms with Crippen LogP contribution in [0.15, 0.2) is 35.4 Å². The first-order valence-electron chi connectivity index (χ1n) is 9.07. The van der Waals surface area contributed by atoms with Gasteiger partial charge in [-0.25, -0.2) is 5.43 Å². The molecule has 0 radical (unpaired) electrons. The molecule has 0 bridgehead atoms. The van der Waals surface area contributed by atoms with Gasteiger partial charge in [-0.2, -0.15) is 5.10 Å². The van der Waals surface area contributed by atoms with Crippen molar-refractivity contribution in [1.29, 1.82) is 0 Å². The van der Waals surface area contributed by atoms with Gasteiger partial charge in [-0.3, -0.25) is 4.79 Å². The summed E-state index contributed by atoms with van der Waals surface area (Å²) in [4.78, 5) is 12.4. The molecular weight excluding hydrogens is 396 g/mol. The fraction of sp³-hybridized carbons (Fsp3) is 0.333. The predicted octanol–water partition coefficient (Wildman–Crippen LogP) is 4.31. The van der Waals surface area contributed by atoms with E-state index in [2.05, 4.69) is 10.5 Å². The number of carbonyl (C=O) groups is 1. The van der Waals surface area contributed by atoms with E-state index in [0.29, 0.717) is 45.8 Å². The third kappa shape index (κ3) is 6.29. The van der Waals surface area contributed by atoms with Gasteiger partial charge in [-0.1, -0.05) is 11.6 Å². The Labute approximate surface area is 175 Å². The van der Waals surface area contributed by atoms with Crippen LogP contribution in [0.1, 0.15) is 36.7 Å². The number of nitrogens with zero attached hydrogens (tertiary/aromatic N) is 1. The second-order valence-corrected chi connectivity index (χ2v) is 6.64. The number of hydrazone groups is 1. The fourth-order valence-corrected chi connectivity index (χ4v) is 2.71. The molecule has 156 valence electrons. The maximum absolute atomic E-state index is 12.4. The minimum absolute atomic E-state index is 0.0506. The van der Waals surface area contributed by atoms with Gasteiger partial charge in [0.15, 0.2) is 11.5 Å². The Morgan fingerprint density at radius 1 is 1.14 bits per heavy atom. The number of nitrogens with one attached hydrogen (secondary N) is 1. The molecule has 0 atom stereocenters. The van der Waals surface area contributed by atoms with Gasteiger partial charge in [-0.05, 0) is 50.6 Å². The zero-order valence-corrected chi connectivity index (χ0v) is 17.9. The first-order valence-corrected chi connectivity index (χ1v) is 9.45. The van der Waals surface area contributed by atoms with Gasteiger partial charge < -0.3 is 18.9 Å². The maximum atomic E-state index is 12.4. The first kappa shape index (κ1) is 22.4. The maximum Gasteiger partial charge on any atom is 0.271 e. The third-order valence-electron chi connectivity index (χ3n) is 3.68. The Balaban J connectivity index is 2.18. The summed E-state index contributed by atoms with van der Waals surface area (Å²) < 4.78 is 21.7. The van der Waals surface area contributed by atoms with Crippen LogP contribution in [0.4, 0.5) is 0 Å². The smallest absolute Gasteiger partial charge is 0.271 e. The Bertz CT molecular complexity index is 861. The average Bonchev–Trinajstić information content (AvgIpc) is 2.70. The molecular formula is C21H25ClN2O5. The van der Waals surface area contributed by atoms with Gasteiger partial charge >= 0.3 is 0 Å². The molecule has 2 aromatic rings. The van der Waals surface area contributed by atoms with E-state index in [-0.39, 0.29) is 6.10 Å². The molecule has 1 amide bonds. The number of hydrogen-bond acceptors (Lipinski definition) is 6. The summed E-state index contributed by atoms with van der Waals surface area (Å²) in [6.07, 6.45) is 1.42. The molecule has 2 aromatic carbocycles. The highest BCUT2D eigenvalue weighted by atomic mass is 35.5. The van der Waals surface area contributed by atoms with Crippen LogP contribution in [0, 0.1) is 0 Å². The van der Waals surface area contributed by atoms with Gasteiger partial charge in [0.2, 0.25) is 0 Å². The molecule has 2 rings (SSSR count). The number of halogens is 1. The number of methoxy groups -OCH3 is 2. The molecule has 0 fully saturated rings. The van der Waals surface area contributed by atoms with E-state index < -0.39 is 5.91 Å². The van der Waals surface area contributed by atoms with Gasteiger partial charge in [0.05, 0.1) is 38.2 Å².